The zero-order chi connectivity index (χ0) is 18.5. The number of amides is 3. The maximum atomic E-state index is 13.2. The molecule has 2 aromatic rings. The summed E-state index contributed by atoms with van der Waals surface area (Å²) in [5, 5.41) is 5.63. The number of para-hydroxylation sites is 2. The highest BCUT2D eigenvalue weighted by molar-refractivity contribution is 6.01. The van der Waals surface area contributed by atoms with Crippen LogP contribution in [-0.2, 0) is 11.2 Å². The van der Waals surface area contributed by atoms with Gasteiger partial charge < -0.3 is 15.5 Å². The normalized spacial score (nSPS) is 14.5. The number of aryl methyl sites for hydroxylation is 1. The molecule has 1 heterocycles. The number of carbonyl (C=O) groups is 2. The second-order valence-corrected chi connectivity index (χ2v) is 6.91. The lowest BCUT2D eigenvalue weighted by molar-refractivity contribution is -0.121. The summed E-state index contributed by atoms with van der Waals surface area (Å²) in [7, 11) is 0. The quantitative estimate of drug-likeness (QED) is 0.880. The molecule has 26 heavy (non-hydrogen) atoms. The van der Waals surface area contributed by atoms with Crippen molar-refractivity contribution in [3.05, 3.63) is 60.2 Å². The van der Waals surface area contributed by atoms with E-state index in [0.29, 0.717) is 12.2 Å². The summed E-state index contributed by atoms with van der Waals surface area (Å²) in [6.07, 6.45) is 1.91. The number of hydrogen-bond donors (Lipinski definition) is 2. The minimum atomic E-state index is -0.579. The van der Waals surface area contributed by atoms with E-state index in [1.807, 2.05) is 67.3 Å². The molecule has 5 heteroatoms. The van der Waals surface area contributed by atoms with Crippen molar-refractivity contribution < 1.29 is 9.59 Å². The summed E-state index contributed by atoms with van der Waals surface area (Å²) in [6.45, 7) is 4.57. The Balaban J connectivity index is 1.74. The Kier molecular flexibility index (Phi) is 5.56. The number of nitrogens with zero attached hydrogens (tertiary/aromatic N) is 1. The van der Waals surface area contributed by atoms with Gasteiger partial charge in [-0.2, -0.15) is 0 Å². The van der Waals surface area contributed by atoms with Gasteiger partial charge in [0.1, 0.15) is 6.04 Å². The smallest absolute Gasteiger partial charge is 0.319 e. The third-order valence-electron chi connectivity index (χ3n) is 4.63. The van der Waals surface area contributed by atoms with Crippen molar-refractivity contribution in [2.75, 3.05) is 16.8 Å². The number of carbonyl (C=O) groups excluding carboxylic acids is 2. The fourth-order valence-electron chi connectivity index (χ4n) is 3.27. The van der Waals surface area contributed by atoms with E-state index in [9.17, 15) is 9.59 Å². The fraction of sp³-hybridized carbons (Fsp3) is 0.333. The fourth-order valence-corrected chi connectivity index (χ4v) is 3.27. The van der Waals surface area contributed by atoms with Gasteiger partial charge in [0.15, 0.2) is 0 Å². The summed E-state index contributed by atoms with van der Waals surface area (Å²) in [4.78, 5) is 27.4. The number of benzene rings is 2. The molecule has 1 aliphatic rings. The third kappa shape index (κ3) is 4.04. The van der Waals surface area contributed by atoms with Crippen LogP contribution in [0, 0.1) is 5.92 Å². The van der Waals surface area contributed by atoms with Crippen molar-refractivity contribution in [2.24, 2.45) is 5.92 Å². The molecule has 136 valence electrons. The van der Waals surface area contributed by atoms with Gasteiger partial charge in [-0.1, -0.05) is 50.2 Å². The third-order valence-corrected chi connectivity index (χ3v) is 4.63. The number of urea groups is 1. The molecule has 3 rings (SSSR count). The average molecular weight is 351 g/mol. The lowest BCUT2D eigenvalue weighted by atomic mass is 9.98. The van der Waals surface area contributed by atoms with Crippen LogP contribution in [0.2, 0.25) is 0 Å². The predicted octanol–water partition coefficient (Wildman–Crippen LogP) is 3.81. The van der Waals surface area contributed by atoms with Gasteiger partial charge in [-0.3, -0.25) is 4.79 Å². The highest BCUT2D eigenvalue weighted by atomic mass is 16.2. The van der Waals surface area contributed by atoms with Gasteiger partial charge in [-0.15, -0.1) is 0 Å². The molecular formula is C21H25N3O2. The van der Waals surface area contributed by atoms with E-state index in [1.54, 1.807) is 0 Å². The van der Waals surface area contributed by atoms with E-state index in [2.05, 4.69) is 16.7 Å². The number of anilines is 2. The minimum Gasteiger partial charge on any atom is -0.326 e. The molecule has 0 aliphatic carbocycles. The second kappa shape index (κ2) is 8.04. The molecule has 5 nitrogen and oxygen atoms in total. The molecule has 0 aromatic heterocycles. The molecule has 1 aliphatic heterocycles. The van der Waals surface area contributed by atoms with E-state index < -0.39 is 6.04 Å². The van der Waals surface area contributed by atoms with Crippen LogP contribution in [0.4, 0.5) is 16.2 Å². The summed E-state index contributed by atoms with van der Waals surface area (Å²) < 4.78 is 0. The molecule has 0 bridgehead atoms. The van der Waals surface area contributed by atoms with E-state index in [-0.39, 0.29) is 17.9 Å². The maximum Gasteiger partial charge on any atom is 0.319 e. The number of fused-ring (bicyclic) bond motifs is 1. The molecule has 0 spiro atoms. The topological polar surface area (TPSA) is 61.4 Å². The van der Waals surface area contributed by atoms with E-state index in [4.69, 9.17) is 0 Å². The molecule has 0 saturated carbocycles. The highest BCUT2D eigenvalue weighted by Gasteiger charge is 2.31. The molecule has 0 unspecified atom stereocenters. The Labute approximate surface area is 154 Å². The van der Waals surface area contributed by atoms with Crippen LogP contribution >= 0.6 is 0 Å². The van der Waals surface area contributed by atoms with Gasteiger partial charge in [0.25, 0.3) is 0 Å². The van der Waals surface area contributed by atoms with Crippen LogP contribution in [0.5, 0.6) is 0 Å². The first-order valence-electron chi connectivity index (χ1n) is 9.08. The predicted molar refractivity (Wildman–Crippen MR) is 104 cm³/mol. The van der Waals surface area contributed by atoms with Crippen molar-refractivity contribution in [1.82, 2.24) is 5.32 Å². The number of nitrogens with one attached hydrogen (secondary N) is 2. The van der Waals surface area contributed by atoms with Crippen LogP contribution in [0.1, 0.15) is 25.8 Å². The first kappa shape index (κ1) is 18.0. The lowest BCUT2D eigenvalue weighted by Gasteiger charge is -2.33. The molecule has 1 atom stereocenters. The zero-order valence-electron chi connectivity index (χ0n) is 15.2. The largest absolute Gasteiger partial charge is 0.326 e. The Hall–Kier alpha value is -2.82. The van der Waals surface area contributed by atoms with Crippen LogP contribution in [-0.4, -0.2) is 24.5 Å². The Morgan fingerprint density at radius 1 is 1.00 bits per heavy atom. The SMILES string of the molecule is CC(C)[C@H](NC(=O)Nc1ccccc1)C(=O)N1CCCc2ccccc21. The molecular weight excluding hydrogens is 326 g/mol. The van der Waals surface area contributed by atoms with E-state index >= 15 is 0 Å². The second-order valence-electron chi connectivity index (χ2n) is 6.91. The molecule has 2 aromatic carbocycles. The van der Waals surface area contributed by atoms with E-state index in [1.165, 1.54) is 5.56 Å². The van der Waals surface area contributed by atoms with E-state index in [0.717, 1.165) is 18.5 Å². The van der Waals surface area contributed by atoms with Gasteiger partial charge >= 0.3 is 6.03 Å². The van der Waals surface area contributed by atoms with Gasteiger partial charge in [0, 0.05) is 17.9 Å². The Morgan fingerprint density at radius 2 is 1.69 bits per heavy atom. The highest BCUT2D eigenvalue weighted by Crippen LogP contribution is 2.27. The monoisotopic (exact) mass is 351 g/mol. The summed E-state index contributed by atoms with van der Waals surface area (Å²) in [6, 6.07) is 16.3. The molecule has 0 fully saturated rings. The Bertz CT molecular complexity index is 774. The van der Waals surface area contributed by atoms with Gasteiger partial charge in [-0.05, 0) is 42.5 Å². The van der Waals surface area contributed by atoms with Gasteiger partial charge in [0.05, 0.1) is 0 Å². The first-order chi connectivity index (χ1) is 12.6. The summed E-state index contributed by atoms with van der Waals surface area (Å²) >= 11 is 0. The molecule has 3 amide bonds. The molecule has 2 N–H and O–H groups in total. The van der Waals surface area contributed by atoms with Crippen LogP contribution in [0.25, 0.3) is 0 Å². The molecule has 0 radical (unpaired) electrons. The van der Waals surface area contributed by atoms with Crippen LogP contribution in [0.3, 0.4) is 0 Å². The van der Waals surface area contributed by atoms with Crippen LogP contribution < -0.4 is 15.5 Å². The first-order valence-corrected chi connectivity index (χ1v) is 9.08. The maximum absolute atomic E-state index is 13.2. The van der Waals surface area contributed by atoms with Crippen molar-refractivity contribution >= 4 is 23.3 Å². The van der Waals surface area contributed by atoms with Crippen LogP contribution in [0.15, 0.2) is 54.6 Å². The zero-order valence-corrected chi connectivity index (χ0v) is 15.2. The standard InChI is InChI=1S/C21H25N3O2/c1-15(2)19(23-21(26)22-17-11-4-3-5-12-17)20(25)24-14-8-10-16-9-6-7-13-18(16)24/h3-7,9,11-13,15,19H,8,10,14H2,1-2H3,(H2,22,23,26)/t19-/m0/s1. The Morgan fingerprint density at radius 3 is 2.42 bits per heavy atom. The van der Waals surface area contributed by atoms with Gasteiger partial charge in [-0.25, -0.2) is 4.79 Å². The van der Waals surface area contributed by atoms with Crippen molar-refractivity contribution in [2.45, 2.75) is 32.7 Å². The van der Waals surface area contributed by atoms with Crippen molar-refractivity contribution in [3.63, 3.8) is 0 Å². The lowest BCUT2D eigenvalue weighted by Crippen LogP contribution is -2.53. The summed E-state index contributed by atoms with van der Waals surface area (Å²) in [5.74, 6) is -0.0755. The molecule has 0 saturated heterocycles. The minimum absolute atomic E-state index is 0.0156. The van der Waals surface area contributed by atoms with Gasteiger partial charge in [0.2, 0.25) is 5.91 Å². The summed E-state index contributed by atoms with van der Waals surface area (Å²) in [5.41, 5.74) is 2.84. The van der Waals surface area contributed by atoms with Crippen molar-refractivity contribution in [3.8, 4) is 0 Å². The average Bonchev–Trinajstić information content (AvgIpc) is 2.65. The number of hydrogen-bond acceptors (Lipinski definition) is 2. The van der Waals surface area contributed by atoms with Crippen molar-refractivity contribution in [1.29, 1.82) is 0 Å². The number of rotatable bonds is 4.